The molecule has 1 aromatic heterocycles. The van der Waals surface area contributed by atoms with E-state index in [1.807, 2.05) is 24.4 Å². The van der Waals surface area contributed by atoms with Crippen molar-refractivity contribution >= 4 is 0 Å². The third-order valence-electron chi connectivity index (χ3n) is 3.05. The molecule has 1 nitrogen and oxygen atoms in total. The summed E-state index contributed by atoms with van der Waals surface area (Å²) in [5, 5.41) is 0. The zero-order valence-corrected chi connectivity index (χ0v) is 9.85. The molecule has 1 heterocycles. The summed E-state index contributed by atoms with van der Waals surface area (Å²) in [5.41, 5.74) is 3.63. The van der Waals surface area contributed by atoms with Crippen molar-refractivity contribution in [3.63, 3.8) is 0 Å². The van der Waals surface area contributed by atoms with Gasteiger partial charge in [0.1, 0.15) is 0 Å². The Bertz CT molecular complexity index is 431. The van der Waals surface area contributed by atoms with E-state index in [9.17, 15) is 0 Å². The molecule has 0 fully saturated rings. The number of hydrogen-bond donors (Lipinski definition) is 0. The summed E-state index contributed by atoms with van der Waals surface area (Å²) in [6, 6.07) is 14.7. The third-order valence-corrected chi connectivity index (χ3v) is 3.05. The SMILES string of the molecule is CC[C@@H](C)c1ccc(-c2ccccn2)cc1. The van der Waals surface area contributed by atoms with Crippen molar-refractivity contribution in [1.82, 2.24) is 4.98 Å². The molecule has 0 spiro atoms. The molecule has 2 rings (SSSR count). The number of pyridine rings is 1. The third kappa shape index (κ3) is 2.30. The maximum absolute atomic E-state index is 4.34. The van der Waals surface area contributed by atoms with Gasteiger partial charge in [0.15, 0.2) is 0 Å². The van der Waals surface area contributed by atoms with Crippen molar-refractivity contribution < 1.29 is 0 Å². The summed E-state index contributed by atoms with van der Waals surface area (Å²) in [5.74, 6) is 0.637. The molecular weight excluding hydrogens is 194 g/mol. The molecule has 0 saturated heterocycles. The molecule has 0 aliphatic heterocycles. The van der Waals surface area contributed by atoms with Crippen molar-refractivity contribution in [2.75, 3.05) is 0 Å². The van der Waals surface area contributed by atoms with Crippen LogP contribution in [0.3, 0.4) is 0 Å². The molecule has 0 radical (unpaired) electrons. The van der Waals surface area contributed by atoms with Crippen LogP contribution in [-0.2, 0) is 0 Å². The number of nitrogens with zero attached hydrogens (tertiary/aromatic N) is 1. The summed E-state index contributed by atoms with van der Waals surface area (Å²) in [6.07, 6.45) is 3.01. The van der Waals surface area contributed by atoms with E-state index in [4.69, 9.17) is 0 Å². The first-order chi connectivity index (χ1) is 7.81. The van der Waals surface area contributed by atoms with Crippen molar-refractivity contribution in [3.8, 4) is 11.3 Å². The lowest BCUT2D eigenvalue weighted by atomic mass is 9.97. The number of hydrogen-bond acceptors (Lipinski definition) is 1. The summed E-state index contributed by atoms with van der Waals surface area (Å²) in [7, 11) is 0. The topological polar surface area (TPSA) is 12.9 Å². The Morgan fingerprint density at radius 3 is 2.38 bits per heavy atom. The molecule has 0 unspecified atom stereocenters. The van der Waals surface area contributed by atoms with Crippen molar-refractivity contribution in [2.24, 2.45) is 0 Å². The summed E-state index contributed by atoms with van der Waals surface area (Å²) >= 11 is 0. The minimum absolute atomic E-state index is 0.637. The Labute approximate surface area is 97.2 Å². The van der Waals surface area contributed by atoms with E-state index in [0.717, 1.165) is 5.69 Å². The van der Waals surface area contributed by atoms with Gasteiger partial charge in [0.25, 0.3) is 0 Å². The number of rotatable bonds is 3. The van der Waals surface area contributed by atoms with Gasteiger partial charge in [-0.05, 0) is 30.0 Å². The monoisotopic (exact) mass is 211 g/mol. The molecule has 0 amide bonds. The van der Waals surface area contributed by atoms with Crippen LogP contribution in [0.2, 0.25) is 0 Å². The predicted octanol–water partition coefficient (Wildman–Crippen LogP) is 4.26. The number of aromatic nitrogens is 1. The average molecular weight is 211 g/mol. The van der Waals surface area contributed by atoms with Crippen molar-refractivity contribution in [1.29, 1.82) is 0 Å². The standard InChI is InChI=1S/C15H17N/c1-3-12(2)13-7-9-14(10-8-13)15-6-4-5-11-16-15/h4-12H,3H2,1-2H3/t12-/m1/s1. The lowest BCUT2D eigenvalue weighted by Crippen LogP contribution is -1.91. The Morgan fingerprint density at radius 1 is 1.06 bits per heavy atom. The normalized spacial score (nSPS) is 12.4. The maximum Gasteiger partial charge on any atom is 0.0701 e. The van der Waals surface area contributed by atoms with Crippen LogP contribution in [0.25, 0.3) is 11.3 Å². The highest BCUT2D eigenvalue weighted by molar-refractivity contribution is 5.59. The fourth-order valence-electron chi connectivity index (χ4n) is 1.75. The van der Waals surface area contributed by atoms with Gasteiger partial charge in [0.05, 0.1) is 5.69 Å². The first kappa shape index (κ1) is 10.9. The number of benzene rings is 1. The molecule has 0 N–H and O–H groups in total. The van der Waals surface area contributed by atoms with E-state index in [1.54, 1.807) is 0 Å². The van der Waals surface area contributed by atoms with Crippen LogP contribution in [-0.4, -0.2) is 4.98 Å². The van der Waals surface area contributed by atoms with Gasteiger partial charge in [0, 0.05) is 11.8 Å². The highest BCUT2D eigenvalue weighted by Gasteiger charge is 2.03. The van der Waals surface area contributed by atoms with Crippen LogP contribution in [0.15, 0.2) is 48.7 Å². The molecule has 1 atom stereocenters. The molecule has 0 aliphatic carbocycles. The molecule has 2 aromatic rings. The van der Waals surface area contributed by atoms with Crippen LogP contribution in [0.4, 0.5) is 0 Å². The van der Waals surface area contributed by atoms with Gasteiger partial charge >= 0.3 is 0 Å². The summed E-state index contributed by atoms with van der Waals surface area (Å²) < 4.78 is 0. The lowest BCUT2D eigenvalue weighted by Gasteiger charge is -2.09. The fraction of sp³-hybridized carbons (Fsp3) is 0.267. The van der Waals surface area contributed by atoms with Crippen LogP contribution < -0.4 is 0 Å². The van der Waals surface area contributed by atoms with E-state index in [0.29, 0.717) is 5.92 Å². The molecule has 0 bridgehead atoms. The molecule has 0 saturated carbocycles. The van der Waals surface area contributed by atoms with Crippen LogP contribution in [0.5, 0.6) is 0 Å². The smallest absolute Gasteiger partial charge is 0.0701 e. The van der Waals surface area contributed by atoms with E-state index in [2.05, 4.69) is 43.1 Å². The highest BCUT2D eigenvalue weighted by Crippen LogP contribution is 2.22. The van der Waals surface area contributed by atoms with Crippen molar-refractivity contribution in [2.45, 2.75) is 26.2 Å². The van der Waals surface area contributed by atoms with E-state index in [1.165, 1.54) is 17.5 Å². The Hall–Kier alpha value is -1.63. The first-order valence-electron chi connectivity index (χ1n) is 5.82. The minimum Gasteiger partial charge on any atom is -0.256 e. The van der Waals surface area contributed by atoms with Gasteiger partial charge in [-0.25, -0.2) is 0 Å². The van der Waals surface area contributed by atoms with Crippen molar-refractivity contribution in [3.05, 3.63) is 54.2 Å². The van der Waals surface area contributed by atoms with Crippen LogP contribution in [0, 0.1) is 0 Å². The van der Waals surface area contributed by atoms with Gasteiger partial charge in [-0.1, -0.05) is 44.2 Å². The average Bonchev–Trinajstić information content (AvgIpc) is 2.39. The Balaban J connectivity index is 2.26. The van der Waals surface area contributed by atoms with Crippen LogP contribution >= 0.6 is 0 Å². The van der Waals surface area contributed by atoms with Gasteiger partial charge < -0.3 is 0 Å². The fourth-order valence-corrected chi connectivity index (χ4v) is 1.75. The Morgan fingerprint density at radius 2 is 1.81 bits per heavy atom. The zero-order valence-electron chi connectivity index (χ0n) is 9.85. The minimum atomic E-state index is 0.637. The van der Waals surface area contributed by atoms with E-state index in [-0.39, 0.29) is 0 Å². The summed E-state index contributed by atoms with van der Waals surface area (Å²) in [6.45, 7) is 4.48. The lowest BCUT2D eigenvalue weighted by molar-refractivity contribution is 0.734. The van der Waals surface area contributed by atoms with E-state index < -0.39 is 0 Å². The molecule has 82 valence electrons. The second kappa shape index (κ2) is 4.93. The quantitative estimate of drug-likeness (QED) is 0.739. The largest absolute Gasteiger partial charge is 0.256 e. The molecule has 1 heteroatoms. The predicted molar refractivity (Wildman–Crippen MR) is 68.4 cm³/mol. The highest BCUT2D eigenvalue weighted by atomic mass is 14.7. The zero-order chi connectivity index (χ0) is 11.4. The second-order valence-electron chi connectivity index (χ2n) is 4.15. The maximum atomic E-state index is 4.34. The van der Waals surface area contributed by atoms with Crippen LogP contribution in [0.1, 0.15) is 31.7 Å². The van der Waals surface area contributed by atoms with Gasteiger partial charge in [-0.2, -0.15) is 0 Å². The molecule has 1 aromatic carbocycles. The van der Waals surface area contributed by atoms with Gasteiger partial charge in [-0.3, -0.25) is 4.98 Å². The first-order valence-corrected chi connectivity index (χ1v) is 5.82. The van der Waals surface area contributed by atoms with Gasteiger partial charge in [-0.15, -0.1) is 0 Å². The molecule has 0 aliphatic rings. The molecular formula is C15H17N. The second-order valence-corrected chi connectivity index (χ2v) is 4.15. The molecule has 16 heavy (non-hydrogen) atoms. The van der Waals surface area contributed by atoms with E-state index >= 15 is 0 Å². The summed E-state index contributed by atoms with van der Waals surface area (Å²) in [4.78, 5) is 4.34. The Kier molecular flexibility index (Phi) is 3.35. The van der Waals surface area contributed by atoms with Gasteiger partial charge in [0.2, 0.25) is 0 Å².